The second-order valence-corrected chi connectivity index (χ2v) is 5.99. The summed E-state index contributed by atoms with van der Waals surface area (Å²) in [7, 11) is 0. The number of hydrogen-bond donors (Lipinski definition) is 2. The molecule has 1 heterocycles. The van der Waals surface area contributed by atoms with E-state index in [2.05, 4.69) is 19.2 Å². The first-order valence-corrected chi connectivity index (χ1v) is 7.53. The fourth-order valence-corrected chi connectivity index (χ4v) is 2.71. The third-order valence-electron chi connectivity index (χ3n) is 4.20. The molecule has 0 spiro atoms. The first kappa shape index (κ1) is 17.0. The average molecular weight is 285 g/mol. The van der Waals surface area contributed by atoms with Crippen molar-refractivity contribution in [3.05, 3.63) is 0 Å². The van der Waals surface area contributed by atoms with Gasteiger partial charge in [0.2, 0.25) is 5.91 Å². The standard InChI is InChI=1S/C15H27NO4/c1-10(2)12(4-5-14(17)18)6-8-16-15(19)13-7-9-20-11(13)3/h10-13H,4-9H2,1-3H3,(H,16,19)(H,17,18). The molecule has 0 bridgehead atoms. The molecule has 1 amide bonds. The van der Waals surface area contributed by atoms with Gasteiger partial charge in [-0.15, -0.1) is 0 Å². The number of rotatable bonds is 8. The van der Waals surface area contributed by atoms with Crippen LogP contribution in [0.5, 0.6) is 0 Å². The zero-order chi connectivity index (χ0) is 15.1. The summed E-state index contributed by atoms with van der Waals surface area (Å²) in [6.45, 7) is 7.40. The van der Waals surface area contributed by atoms with E-state index in [4.69, 9.17) is 9.84 Å². The van der Waals surface area contributed by atoms with E-state index >= 15 is 0 Å². The molecule has 0 aromatic carbocycles. The van der Waals surface area contributed by atoms with E-state index in [1.54, 1.807) is 0 Å². The van der Waals surface area contributed by atoms with E-state index in [-0.39, 0.29) is 24.3 Å². The molecule has 1 aliphatic heterocycles. The maximum atomic E-state index is 12.0. The minimum absolute atomic E-state index is 0.00269. The number of carboxylic acid groups (broad SMARTS) is 1. The first-order valence-electron chi connectivity index (χ1n) is 7.53. The van der Waals surface area contributed by atoms with Crippen LogP contribution in [0.3, 0.4) is 0 Å². The lowest BCUT2D eigenvalue weighted by Gasteiger charge is -2.21. The van der Waals surface area contributed by atoms with Gasteiger partial charge in [-0.05, 0) is 38.0 Å². The number of carbonyl (C=O) groups excluding carboxylic acids is 1. The SMILES string of the molecule is CC(C)C(CCNC(=O)C1CCOC1C)CCC(=O)O. The molecule has 116 valence electrons. The van der Waals surface area contributed by atoms with E-state index in [0.29, 0.717) is 31.4 Å². The number of carboxylic acids is 1. The van der Waals surface area contributed by atoms with Crippen molar-refractivity contribution >= 4 is 11.9 Å². The van der Waals surface area contributed by atoms with E-state index < -0.39 is 5.97 Å². The number of nitrogens with one attached hydrogen (secondary N) is 1. The highest BCUT2D eigenvalue weighted by molar-refractivity contribution is 5.79. The van der Waals surface area contributed by atoms with Gasteiger partial charge in [0.1, 0.15) is 0 Å². The summed E-state index contributed by atoms with van der Waals surface area (Å²) in [4.78, 5) is 22.6. The van der Waals surface area contributed by atoms with E-state index in [1.165, 1.54) is 0 Å². The molecular formula is C15H27NO4. The molecule has 1 rings (SSSR count). The molecule has 0 saturated carbocycles. The summed E-state index contributed by atoms with van der Waals surface area (Å²) in [5.41, 5.74) is 0. The Hall–Kier alpha value is -1.10. The molecule has 5 heteroatoms. The number of carbonyl (C=O) groups is 2. The Bertz CT molecular complexity index is 330. The van der Waals surface area contributed by atoms with Crippen LogP contribution in [0.25, 0.3) is 0 Å². The van der Waals surface area contributed by atoms with Gasteiger partial charge in [-0.3, -0.25) is 9.59 Å². The lowest BCUT2D eigenvalue weighted by atomic mass is 9.88. The van der Waals surface area contributed by atoms with Crippen molar-refractivity contribution in [2.24, 2.45) is 17.8 Å². The highest BCUT2D eigenvalue weighted by Gasteiger charge is 2.30. The maximum absolute atomic E-state index is 12.0. The summed E-state index contributed by atoms with van der Waals surface area (Å²) in [6, 6.07) is 0. The molecule has 1 saturated heterocycles. The predicted octanol–water partition coefficient (Wildman–Crippen LogP) is 2.05. The van der Waals surface area contributed by atoms with Gasteiger partial charge in [0.05, 0.1) is 12.0 Å². The summed E-state index contributed by atoms with van der Waals surface area (Å²) in [6.07, 6.45) is 2.50. The molecule has 3 unspecified atom stereocenters. The lowest BCUT2D eigenvalue weighted by molar-refractivity contribution is -0.137. The van der Waals surface area contributed by atoms with Gasteiger partial charge in [-0.2, -0.15) is 0 Å². The van der Waals surface area contributed by atoms with Gasteiger partial charge in [0.15, 0.2) is 0 Å². The van der Waals surface area contributed by atoms with Gasteiger partial charge in [-0.25, -0.2) is 0 Å². The molecule has 1 aliphatic rings. The fourth-order valence-electron chi connectivity index (χ4n) is 2.71. The van der Waals surface area contributed by atoms with Crippen LogP contribution in [-0.2, 0) is 14.3 Å². The van der Waals surface area contributed by atoms with Gasteiger partial charge >= 0.3 is 5.97 Å². The Morgan fingerprint density at radius 3 is 2.55 bits per heavy atom. The Morgan fingerprint density at radius 2 is 2.05 bits per heavy atom. The molecule has 20 heavy (non-hydrogen) atoms. The summed E-state index contributed by atoms with van der Waals surface area (Å²) in [5, 5.41) is 11.7. The zero-order valence-corrected chi connectivity index (χ0v) is 12.7. The van der Waals surface area contributed by atoms with Crippen LogP contribution >= 0.6 is 0 Å². The Balaban J connectivity index is 2.29. The Morgan fingerprint density at radius 1 is 1.35 bits per heavy atom. The molecule has 0 radical (unpaired) electrons. The Labute approximate surface area is 121 Å². The van der Waals surface area contributed by atoms with Crippen LogP contribution in [0.4, 0.5) is 0 Å². The minimum Gasteiger partial charge on any atom is -0.481 e. The third-order valence-corrected chi connectivity index (χ3v) is 4.20. The largest absolute Gasteiger partial charge is 0.481 e. The van der Waals surface area contributed by atoms with Crippen molar-refractivity contribution in [1.29, 1.82) is 0 Å². The molecule has 0 aromatic rings. The second kappa shape index (κ2) is 8.25. The van der Waals surface area contributed by atoms with Crippen LogP contribution in [-0.4, -0.2) is 36.2 Å². The van der Waals surface area contributed by atoms with Crippen molar-refractivity contribution in [2.45, 2.75) is 52.6 Å². The monoisotopic (exact) mass is 285 g/mol. The van der Waals surface area contributed by atoms with E-state index in [0.717, 1.165) is 12.8 Å². The van der Waals surface area contributed by atoms with Crippen LogP contribution in [0.15, 0.2) is 0 Å². The van der Waals surface area contributed by atoms with Crippen LogP contribution in [0, 0.1) is 17.8 Å². The number of ether oxygens (including phenoxy) is 1. The quantitative estimate of drug-likeness (QED) is 0.715. The zero-order valence-electron chi connectivity index (χ0n) is 12.7. The molecule has 1 fully saturated rings. The highest BCUT2D eigenvalue weighted by Crippen LogP contribution is 2.22. The third kappa shape index (κ3) is 5.49. The van der Waals surface area contributed by atoms with Crippen molar-refractivity contribution < 1.29 is 19.4 Å². The molecule has 0 aliphatic carbocycles. The lowest BCUT2D eigenvalue weighted by Crippen LogP contribution is -2.35. The van der Waals surface area contributed by atoms with Gasteiger partial charge in [0.25, 0.3) is 0 Å². The fraction of sp³-hybridized carbons (Fsp3) is 0.867. The average Bonchev–Trinajstić information content (AvgIpc) is 2.78. The van der Waals surface area contributed by atoms with E-state index in [1.807, 2.05) is 6.92 Å². The van der Waals surface area contributed by atoms with Crippen LogP contribution in [0.2, 0.25) is 0 Å². The number of amides is 1. The van der Waals surface area contributed by atoms with E-state index in [9.17, 15) is 9.59 Å². The van der Waals surface area contributed by atoms with Crippen molar-refractivity contribution in [3.63, 3.8) is 0 Å². The number of hydrogen-bond acceptors (Lipinski definition) is 3. The van der Waals surface area contributed by atoms with Crippen LogP contribution in [0.1, 0.15) is 46.5 Å². The molecule has 2 N–H and O–H groups in total. The Kier molecular flexibility index (Phi) is 6.99. The first-order chi connectivity index (χ1) is 9.41. The van der Waals surface area contributed by atoms with Gasteiger partial charge in [0, 0.05) is 19.6 Å². The van der Waals surface area contributed by atoms with Crippen LogP contribution < -0.4 is 5.32 Å². The van der Waals surface area contributed by atoms with Crippen molar-refractivity contribution in [3.8, 4) is 0 Å². The van der Waals surface area contributed by atoms with Crippen molar-refractivity contribution in [1.82, 2.24) is 5.32 Å². The predicted molar refractivity (Wildman–Crippen MR) is 76.3 cm³/mol. The molecule has 5 nitrogen and oxygen atoms in total. The molecule has 0 aromatic heterocycles. The highest BCUT2D eigenvalue weighted by atomic mass is 16.5. The second-order valence-electron chi connectivity index (χ2n) is 5.99. The van der Waals surface area contributed by atoms with Crippen molar-refractivity contribution in [2.75, 3.05) is 13.2 Å². The van der Waals surface area contributed by atoms with Gasteiger partial charge in [-0.1, -0.05) is 13.8 Å². The smallest absolute Gasteiger partial charge is 0.303 e. The topological polar surface area (TPSA) is 75.6 Å². The summed E-state index contributed by atoms with van der Waals surface area (Å²) in [5.74, 6) is 0.0440. The maximum Gasteiger partial charge on any atom is 0.303 e. The molecular weight excluding hydrogens is 258 g/mol. The minimum atomic E-state index is -0.753. The summed E-state index contributed by atoms with van der Waals surface area (Å²) >= 11 is 0. The number of aliphatic carboxylic acids is 1. The van der Waals surface area contributed by atoms with Gasteiger partial charge < -0.3 is 15.2 Å². The normalized spacial score (nSPS) is 23.8. The summed E-state index contributed by atoms with van der Waals surface area (Å²) < 4.78 is 5.39. The molecule has 3 atom stereocenters.